The van der Waals surface area contributed by atoms with Crippen LogP contribution >= 0.6 is 0 Å². The second-order valence-corrected chi connectivity index (χ2v) is 7.06. The van der Waals surface area contributed by atoms with Crippen LogP contribution in [0.15, 0.2) is 24.3 Å². The third kappa shape index (κ3) is 6.63. The van der Waals surface area contributed by atoms with Crippen molar-refractivity contribution in [3.8, 4) is 5.75 Å². The van der Waals surface area contributed by atoms with E-state index in [9.17, 15) is 0 Å². The van der Waals surface area contributed by atoms with Gasteiger partial charge in [-0.05, 0) is 44.9 Å². The summed E-state index contributed by atoms with van der Waals surface area (Å²) >= 11 is 0. The Hall–Kier alpha value is -1.02. The Balaban J connectivity index is 2.49. The predicted molar refractivity (Wildman–Crippen MR) is 82.9 cm³/mol. The number of hydrogen-bond acceptors (Lipinski definition) is 2. The van der Waals surface area contributed by atoms with Crippen molar-refractivity contribution in [1.29, 1.82) is 0 Å². The molecule has 0 saturated heterocycles. The Kier molecular flexibility index (Phi) is 5.42. The van der Waals surface area contributed by atoms with E-state index in [0.717, 1.165) is 25.3 Å². The molecule has 1 aromatic rings. The smallest absolute Gasteiger partial charge is 0.119 e. The number of nitrogens with one attached hydrogen (secondary N) is 1. The zero-order valence-electron chi connectivity index (χ0n) is 13.3. The van der Waals surface area contributed by atoms with Gasteiger partial charge in [-0.2, -0.15) is 0 Å². The molecule has 2 nitrogen and oxygen atoms in total. The monoisotopic (exact) mass is 263 g/mol. The van der Waals surface area contributed by atoms with E-state index in [-0.39, 0.29) is 11.0 Å². The van der Waals surface area contributed by atoms with Gasteiger partial charge < -0.3 is 10.1 Å². The van der Waals surface area contributed by atoms with E-state index < -0.39 is 0 Å². The number of hydrogen-bond donors (Lipinski definition) is 1. The fourth-order valence-electron chi connectivity index (χ4n) is 1.69. The molecular formula is C17H29NO. The van der Waals surface area contributed by atoms with Crippen molar-refractivity contribution in [3.05, 3.63) is 29.8 Å². The summed E-state index contributed by atoms with van der Waals surface area (Å²) in [7, 11) is 0. The van der Waals surface area contributed by atoms with E-state index >= 15 is 0 Å². The second-order valence-electron chi connectivity index (χ2n) is 7.06. The SMILES string of the molecule is CCc1cccc(OCC(C)(C)CNC(C)(C)C)c1. The maximum absolute atomic E-state index is 5.94. The first-order chi connectivity index (χ1) is 8.72. The summed E-state index contributed by atoms with van der Waals surface area (Å²) in [4.78, 5) is 0. The zero-order chi connectivity index (χ0) is 14.5. The van der Waals surface area contributed by atoms with E-state index in [0.29, 0.717) is 0 Å². The van der Waals surface area contributed by atoms with Crippen LogP contribution in [0.3, 0.4) is 0 Å². The normalized spacial score (nSPS) is 12.5. The summed E-state index contributed by atoms with van der Waals surface area (Å²) in [6.07, 6.45) is 1.05. The van der Waals surface area contributed by atoms with Gasteiger partial charge in [0.25, 0.3) is 0 Å². The van der Waals surface area contributed by atoms with Crippen molar-refractivity contribution in [2.45, 2.75) is 53.5 Å². The molecule has 0 aliphatic carbocycles. The molecule has 1 N–H and O–H groups in total. The number of aryl methyl sites for hydroxylation is 1. The van der Waals surface area contributed by atoms with Crippen LogP contribution in [0.4, 0.5) is 0 Å². The maximum Gasteiger partial charge on any atom is 0.119 e. The summed E-state index contributed by atoms with van der Waals surface area (Å²) in [6, 6.07) is 8.37. The molecule has 0 heterocycles. The molecule has 19 heavy (non-hydrogen) atoms. The van der Waals surface area contributed by atoms with Gasteiger partial charge in [0.1, 0.15) is 5.75 Å². The Morgan fingerprint density at radius 1 is 1.11 bits per heavy atom. The number of ether oxygens (including phenoxy) is 1. The standard InChI is InChI=1S/C17H29NO/c1-7-14-9-8-10-15(11-14)19-13-17(5,6)12-18-16(2,3)4/h8-11,18H,7,12-13H2,1-6H3. The summed E-state index contributed by atoms with van der Waals surface area (Å²) in [6.45, 7) is 14.9. The third-order valence-electron chi connectivity index (χ3n) is 3.03. The van der Waals surface area contributed by atoms with Gasteiger partial charge in [0.15, 0.2) is 0 Å². The van der Waals surface area contributed by atoms with Crippen molar-refractivity contribution in [2.24, 2.45) is 5.41 Å². The van der Waals surface area contributed by atoms with Gasteiger partial charge in [0, 0.05) is 17.5 Å². The summed E-state index contributed by atoms with van der Waals surface area (Å²) in [5.74, 6) is 0.975. The first kappa shape index (κ1) is 16.0. The Bertz CT molecular complexity index is 390. The molecule has 0 bridgehead atoms. The molecule has 0 spiro atoms. The lowest BCUT2D eigenvalue weighted by molar-refractivity contribution is 0.165. The van der Waals surface area contributed by atoms with E-state index in [1.807, 2.05) is 6.07 Å². The molecule has 0 saturated carbocycles. The van der Waals surface area contributed by atoms with E-state index in [2.05, 4.69) is 65.1 Å². The molecule has 0 fully saturated rings. The van der Waals surface area contributed by atoms with E-state index in [1.165, 1.54) is 5.56 Å². The first-order valence-corrected chi connectivity index (χ1v) is 7.19. The van der Waals surface area contributed by atoms with Crippen LogP contribution in [0.5, 0.6) is 5.75 Å². The van der Waals surface area contributed by atoms with Gasteiger partial charge in [-0.3, -0.25) is 0 Å². The molecule has 0 unspecified atom stereocenters. The molecule has 0 radical (unpaired) electrons. The van der Waals surface area contributed by atoms with Crippen molar-refractivity contribution in [3.63, 3.8) is 0 Å². The number of benzene rings is 1. The van der Waals surface area contributed by atoms with Crippen LogP contribution in [0, 0.1) is 5.41 Å². The minimum atomic E-state index is 0.121. The average molecular weight is 263 g/mol. The van der Waals surface area contributed by atoms with Gasteiger partial charge in [0.05, 0.1) is 6.61 Å². The fraction of sp³-hybridized carbons (Fsp3) is 0.647. The Morgan fingerprint density at radius 3 is 2.37 bits per heavy atom. The highest BCUT2D eigenvalue weighted by Crippen LogP contribution is 2.20. The van der Waals surface area contributed by atoms with Crippen molar-refractivity contribution in [1.82, 2.24) is 5.32 Å². The highest BCUT2D eigenvalue weighted by atomic mass is 16.5. The molecule has 108 valence electrons. The predicted octanol–water partition coefficient (Wildman–Crippen LogP) is 4.04. The lowest BCUT2D eigenvalue weighted by Crippen LogP contribution is -2.43. The zero-order valence-corrected chi connectivity index (χ0v) is 13.3. The van der Waals surface area contributed by atoms with Crippen molar-refractivity contribution < 1.29 is 4.74 Å². The molecule has 0 amide bonds. The third-order valence-corrected chi connectivity index (χ3v) is 3.03. The second kappa shape index (κ2) is 6.42. The highest BCUT2D eigenvalue weighted by Gasteiger charge is 2.21. The van der Waals surface area contributed by atoms with E-state index in [4.69, 9.17) is 4.74 Å². The lowest BCUT2D eigenvalue weighted by atomic mass is 9.93. The minimum Gasteiger partial charge on any atom is -0.493 e. The van der Waals surface area contributed by atoms with Gasteiger partial charge in [-0.1, -0.05) is 32.9 Å². The molecule has 1 aromatic carbocycles. The summed E-state index contributed by atoms with van der Waals surface area (Å²) in [5, 5.41) is 3.54. The maximum atomic E-state index is 5.94. The molecular weight excluding hydrogens is 234 g/mol. The fourth-order valence-corrected chi connectivity index (χ4v) is 1.69. The average Bonchev–Trinajstić information content (AvgIpc) is 2.34. The molecule has 0 aliphatic rings. The van der Waals surface area contributed by atoms with Crippen molar-refractivity contribution >= 4 is 0 Å². The van der Waals surface area contributed by atoms with Gasteiger partial charge >= 0.3 is 0 Å². The summed E-state index contributed by atoms with van der Waals surface area (Å²) in [5.41, 5.74) is 1.60. The van der Waals surface area contributed by atoms with Crippen LogP contribution in [-0.2, 0) is 6.42 Å². The molecule has 0 atom stereocenters. The molecule has 0 aromatic heterocycles. The first-order valence-electron chi connectivity index (χ1n) is 7.19. The molecule has 0 aliphatic heterocycles. The van der Waals surface area contributed by atoms with Gasteiger partial charge in [0.2, 0.25) is 0 Å². The van der Waals surface area contributed by atoms with Crippen molar-refractivity contribution in [2.75, 3.05) is 13.2 Å². The van der Waals surface area contributed by atoms with Gasteiger partial charge in [-0.15, -0.1) is 0 Å². The van der Waals surface area contributed by atoms with Crippen LogP contribution in [0.1, 0.15) is 47.1 Å². The topological polar surface area (TPSA) is 21.3 Å². The number of rotatable bonds is 6. The van der Waals surface area contributed by atoms with Crippen LogP contribution in [0.25, 0.3) is 0 Å². The highest BCUT2D eigenvalue weighted by molar-refractivity contribution is 5.28. The Morgan fingerprint density at radius 2 is 1.79 bits per heavy atom. The van der Waals surface area contributed by atoms with Crippen LogP contribution in [0.2, 0.25) is 0 Å². The summed E-state index contributed by atoms with van der Waals surface area (Å²) < 4.78 is 5.94. The lowest BCUT2D eigenvalue weighted by Gasteiger charge is -2.30. The largest absolute Gasteiger partial charge is 0.493 e. The van der Waals surface area contributed by atoms with E-state index in [1.54, 1.807) is 0 Å². The molecule has 1 rings (SSSR count). The Labute approximate surface area is 118 Å². The van der Waals surface area contributed by atoms with Crippen LogP contribution < -0.4 is 10.1 Å². The molecule has 2 heteroatoms. The quantitative estimate of drug-likeness (QED) is 0.836. The van der Waals surface area contributed by atoms with Gasteiger partial charge in [-0.25, -0.2) is 0 Å². The van der Waals surface area contributed by atoms with Crippen LogP contribution in [-0.4, -0.2) is 18.7 Å². The minimum absolute atomic E-state index is 0.121.